The maximum Gasteiger partial charge on any atom is 0.290 e. The summed E-state index contributed by atoms with van der Waals surface area (Å²) in [4.78, 5) is 27.3. The van der Waals surface area contributed by atoms with Crippen molar-refractivity contribution < 1.29 is 18.7 Å². The monoisotopic (exact) mass is 370 g/mol. The van der Waals surface area contributed by atoms with E-state index in [0.717, 1.165) is 17.5 Å². The molecule has 0 bridgehead atoms. The number of amides is 2. The lowest BCUT2D eigenvalue weighted by Gasteiger charge is -2.35. The molecule has 0 radical (unpaired) electrons. The van der Waals surface area contributed by atoms with Crippen LogP contribution in [0.3, 0.4) is 0 Å². The van der Waals surface area contributed by atoms with Gasteiger partial charge in [0.15, 0.2) is 5.76 Å². The Balaban J connectivity index is 1.69. The smallest absolute Gasteiger partial charge is 0.290 e. The van der Waals surface area contributed by atoms with Crippen LogP contribution in [0.2, 0.25) is 0 Å². The van der Waals surface area contributed by atoms with Crippen LogP contribution in [0.4, 0.5) is 0 Å². The van der Waals surface area contributed by atoms with Crippen molar-refractivity contribution in [3.05, 3.63) is 59.5 Å². The second kappa shape index (κ2) is 8.86. The van der Waals surface area contributed by atoms with Crippen molar-refractivity contribution in [2.75, 3.05) is 13.2 Å². The van der Waals surface area contributed by atoms with Crippen LogP contribution < -0.4 is 5.32 Å². The van der Waals surface area contributed by atoms with E-state index < -0.39 is 6.04 Å². The van der Waals surface area contributed by atoms with Crippen LogP contribution in [0, 0.1) is 0 Å². The molecule has 1 N–H and O–H groups in total. The molecule has 6 nitrogen and oxygen atoms in total. The Hall–Kier alpha value is -2.60. The molecular formula is C21H26N2O4. The molecule has 1 atom stereocenters. The molecule has 0 unspecified atom stereocenters. The van der Waals surface area contributed by atoms with Crippen molar-refractivity contribution in [3.63, 3.8) is 0 Å². The second-order valence-corrected chi connectivity index (χ2v) is 6.96. The summed E-state index contributed by atoms with van der Waals surface area (Å²) < 4.78 is 10.8. The first-order valence-electron chi connectivity index (χ1n) is 9.37. The van der Waals surface area contributed by atoms with E-state index in [1.54, 1.807) is 17.0 Å². The highest BCUT2D eigenvalue weighted by Gasteiger charge is 2.35. The first-order valence-corrected chi connectivity index (χ1v) is 9.37. The summed E-state index contributed by atoms with van der Waals surface area (Å²) in [5.41, 5.74) is 2.16. The molecule has 2 amide bonds. The first-order chi connectivity index (χ1) is 13.1. The lowest BCUT2D eigenvalue weighted by molar-refractivity contribution is -0.126. The van der Waals surface area contributed by atoms with E-state index in [4.69, 9.17) is 9.15 Å². The average Bonchev–Trinajstić information content (AvgIpc) is 3.20. The Morgan fingerprint density at radius 2 is 2.00 bits per heavy atom. The molecule has 2 aromatic rings. The molecule has 0 aliphatic carbocycles. The van der Waals surface area contributed by atoms with Crippen molar-refractivity contribution in [2.24, 2.45) is 0 Å². The lowest BCUT2D eigenvalue weighted by Crippen LogP contribution is -2.52. The quantitative estimate of drug-likeness (QED) is 0.761. The van der Waals surface area contributed by atoms with E-state index >= 15 is 0 Å². The van der Waals surface area contributed by atoms with E-state index in [-0.39, 0.29) is 23.7 Å². The third kappa shape index (κ3) is 4.77. The number of ether oxygens (including phenoxy) is 1. The molecule has 0 spiro atoms. The van der Waals surface area contributed by atoms with Crippen molar-refractivity contribution in [3.8, 4) is 0 Å². The van der Waals surface area contributed by atoms with Crippen LogP contribution in [0.5, 0.6) is 0 Å². The zero-order valence-corrected chi connectivity index (χ0v) is 15.8. The van der Waals surface area contributed by atoms with Gasteiger partial charge < -0.3 is 19.4 Å². The number of carbonyl (C=O) groups is 2. The Kier molecular flexibility index (Phi) is 6.29. The summed E-state index contributed by atoms with van der Waals surface area (Å²) in [6, 6.07) is 10.7. The minimum Gasteiger partial charge on any atom is -0.459 e. The van der Waals surface area contributed by atoms with E-state index in [1.807, 2.05) is 38.1 Å². The fourth-order valence-electron chi connectivity index (χ4n) is 3.23. The molecule has 1 aromatic heterocycles. The second-order valence-electron chi connectivity index (χ2n) is 6.96. The van der Waals surface area contributed by atoms with Gasteiger partial charge in [0, 0.05) is 26.1 Å². The molecule has 1 aliphatic heterocycles. The van der Waals surface area contributed by atoms with Crippen LogP contribution >= 0.6 is 0 Å². The number of hydrogen-bond donors (Lipinski definition) is 1. The van der Waals surface area contributed by atoms with E-state index in [1.165, 1.54) is 6.26 Å². The number of nitrogens with one attached hydrogen (secondary N) is 1. The van der Waals surface area contributed by atoms with Gasteiger partial charge in [-0.15, -0.1) is 0 Å². The topological polar surface area (TPSA) is 71.8 Å². The summed E-state index contributed by atoms with van der Waals surface area (Å²) in [7, 11) is 0. The van der Waals surface area contributed by atoms with E-state index in [0.29, 0.717) is 26.1 Å². The fraction of sp³-hybridized carbons (Fsp3) is 0.429. The number of rotatable bonds is 7. The van der Waals surface area contributed by atoms with Crippen LogP contribution in [0.1, 0.15) is 41.9 Å². The highest BCUT2D eigenvalue weighted by Crippen LogP contribution is 2.25. The molecule has 144 valence electrons. The fourth-order valence-corrected chi connectivity index (χ4v) is 3.23. The number of fused-ring (bicyclic) bond motifs is 1. The summed E-state index contributed by atoms with van der Waals surface area (Å²) in [5, 5.41) is 2.94. The van der Waals surface area contributed by atoms with Gasteiger partial charge in [-0.3, -0.25) is 9.59 Å². The van der Waals surface area contributed by atoms with Crippen LogP contribution in [-0.4, -0.2) is 42.0 Å². The van der Waals surface area contributed by atoms with Crippen molar-refractivity contribution in [2.45, 2.75) is 45.4 Å². The SMILES string of the molecule is CC(C)OCCCNC(=O)[C@H]1Cc2ccccc2CN1C(=O)c1ccco1. The lowest BCUT2D eigenvalue weighted by atomic mass is 9.93. The molecule has 1 aromatic carbocycles. The normalized spacial score (nSPS) is 16.3. The summed E-state index contributed by atoms with van der Waals surface area (Å²) >= 11 is 0. The van der Waals surface area contributed by atoms with Gasteiger partial charge in [-0.25, -0.2) is 0 Å². The van der Waals surface area contributed by atoms with Gasteiger partial charge in [-0.1, -0.05) is 24.3 Å². The molecule has 0 saturated carbocycles. The van der Waals surface area contributed by atoms with Gasteiger partial charge in [0.2, 0.25) is 5.91 Å². The third-order valence-corrected chi connectivity index (χ3v) is 4.62. The minimum absolute atomic E-state index is 0.144. The minimum atomic E-state index is -0.552. The Morgan fingerprint density at radius 1 is 1.22 bits per heavy atom. The highest BCUT2D eigenvalue weighted by atomic mass is 16.5. The van der Waals surface area contributed by atoms with Gasteiger partial charge in [0.1, 0.15) is 6.04 Å². The highest BCUT2D eigenvalue weighted by molar-refractivity contribution is 5.96. The number of furan rings is 1. The summed E-state index contributed by atoms with van der Waals surface area (Å²) in [5.74, 6) is -0.163. The molecule has 0 saturated heterocycles. The van der Waals surface area contributed by atoms with Gasteiger partial charge >= 0.3 is 0 Å². The zero-order chi connectivity index (χ0) is 19.2. The molecular weight excluding hydrogens is 344 g/mol. The molecule has 1 aliphatic rings. The third-order valence-electron chi connectivity index (χ3n) is 4.62. The number of hydrogen-bond acceptors (Lipinski definition) is 4. The van der Waals surface area contributed by atoms with Gasteiger partial charge in [-0.2, -0.15) is 0 Å². The Morgan fingerprint density at radius 3 is 2.70 bits per heavy atom. The summed E-state index contributed by atoms with van der Waals surface area (Å²) in [6.07, 6.45) is 2.88. The van der Waals surface area contributed by atoms with Crippen LogP contribution in [0.25, 0.3) is 0 Å². The van der Waals surface area contributed by atoms with Crippen molar-refractivity contribution in [1.29, 1.82) is 0 Å². The van der Waals surface area contributed by atoms with Crippen molar-refractivity contribution >= 4 is 11.8 Å². The number of carbonyl (C=O) groups excluding carboxylic acids is 2. The van der Waals surface area contributed by atoms with E-state index in [9.17, 15) is 9.59 Å². The maximum atomic E-state index is 12.9. The Bertz CT molecular complexity index is 770. The van der Waals surface area contributed by atoms with Crippen LogP contribution in [-0.2, 0) is 22.5 Å². The molecule has 2 heterocycles. The van der Waals surface area contributed by atoms with Gasteiger partial charge in [0.05, 0.1) is 12.4 Å². The average molecular weight is 370 g/mol. The summed E-state index contributed by atoms with van der Waals surface area (Å²) in [6.45, 7) is 5.48. The predicted octanol–water partition coefficient (Wildman–Crippen LogP) is 2.78. The Labute approximate surface area is 159 Å². The number of nitrogens with zero attached hydrogens (tertiary/aromatic N) is 1. The maximum absolute atomic E-state index is 12.9. The molecule has 3 rings (SSSR count). The van der Waals surface area contributed by atoms with Gasteiger partial charge in [0.25, 0.3) is 5.91 Å². The molecule has 0 fully saturated rings. The zero-order valence-electron chi connectivity index (χ0n) is 15.8. The number of benzene rings is 1. The van der Waals surface area contributed by atoms with E-state index in [2.05, 4.69) is 5.32 Å². The predicted molar refractivity (Wildman–Crippen MR) is 101 cm³/mol. The van der Waals surface area contributed by atoms with Crippen molar-refractivity contribution in [1.82, 2.24) is 10.2 Å². The molecule has 27 heavy (non-hydrogen) atoms. The van der Waals surface area contributed by atoms with Gasteiger partial charge in [-0.05, 0) is 43.5 Å². The largest absolute Gasteiger partial charge is 0.459 e. The van der Waals surface area contributed by atoms with Crippen LogP contribution in [0.15, 0.2) is 47.1 Å². The first kappa shape index (κ1) is 19.2. The molecule has 6 heteroatoms. The standard InChI is InChI=1S/C21H26N2O4/c1-15(2)26-12-6-10-22-20(24)18-13-16-7-3-4-8-17(16)14-23(18)21(25)19-9-5-11-27-19/h3-5,7-9,11,15,18H,6,10,12-14H2,1-2H3,(H,22,24)/t18-/m1/s1.